The third-order valence-corrected chi connectivity index (χ3v) is 14.4. The van der Waals surface area contributed by atoms with E-state index < -0.39 is 0 Å². The first-order chi connectivity index (χ1) is 35.9. The average Bonchev–Trinajstić information content (AvgIpc) is 3.40. The van der Waals surface area contributed by atoms with E-state index in [4.69, 9.17) is 0 Å². The van der Waals surface area contributed by atoms with Gasteiger partial charge >= 0.3 is 0 Å². The van der Waals surface area contributed by atoms with E-state index in [0.29, 0.717) is 11.5 Å². The fraction of sp³-hybridized carbons (Fsp3) is 0.217. The van der Waals surface area contributed by atoms with Gasteiger partial charge in [-0.3, -0.25) is 0 Å². The van der Waals surface area contributed by atoms with Crippen LogP contribution in [0.2, 0.25) is 0 Å². The van der Waals surface area contributed by atoms with Crippen molar-refractivity contribution in [1.82, 2.24) is 0 Å². The smallest absolute Gasteiger partial charge is 0.121 e. The third-order valence-electron chi connectivity index (χ3n) is 14.4. The number of para-hydroxylation sites is 1. The van der Waals surface area contributed by atoms with Crippen molar-refractivity contribution >= 4 is 34.1 Å². The zero-order valence-electron chi connectivity index (χ0n) is 45.8. The summed E-state index contributed by atoms with van der Waals surface area (Å²) < 4.78 is 0. The Balaban J connectivity index is 0.000000202. The molecule has 6 nitrogen and oxygen atoms in total. The lowest BCUT2D eigenvalue weighted by molar-refractivity contribution is 0.281. The Hall–Kier alpha value is -7.90. The maximum absolute atomic E-state index is 10.2. The highest BCUT2D eigenvalue weighted by molar-refractivity contribution is 5.78. The van der Waals surface area contributed by atoms with Gasteiger partial charge in [0.1, 0.15) is 11.5 Å². The van der Waals surface area contributed by atoms with Crippen molar-refractivity contribution in [2.45, 2.75) is 102 Å². The fourth-order valence-electron chi connectivity index (χ4n) is 9.30. The van der Waals surface area contributed by atoms with Crippen LogP contribution in [0, 0.1) is 76.2 Å². The minimum Gasteiger partial charge on any atom is -0.507 e. The van der Waals surface area contributed by atoms with Crippen LogP contribution in [0.1, 0.15) is 94.6 Å². The number of benzene rings is 9. The lowest BCUT2D eigenvalue weighted by Crippen LogP contribution is -2.10. The van der Waals surface area contributed by atoms with Crippen molar-refractivity contribution in [3.8, 4) is 11.5 Å². The average molecular weight is 995 g/mol. The van der Waals surface area contributed by atoms with Crippen molar-refractivity contribution in [3.63, 3.8) is 0 Å². The van der Waals surface area contributed by atoms with E-state index in [1.807, 2.05) is 94.4 Å². The lowest BCUT2D eigenvalue weighted by Gasteiger charge is -2.26. The molecular weight excluding hydrogens is 921 g/mol. The molecule has 9 rings (SSSR count). The maximum Gasteiger partial charge on any atom is 0.121 e. The van der Waals surface area contributed by atoms with E-state index in [9.17, 15) is 20.4 Å². The molecule has 384 valence electrons. The second-order valence-corrected chi connectivity index (χ2v) is 20.2. The zero-order chi connectivity index (χ0) is 53.9. The van der Waals surface area contributed by atoms with Crippen molar-refractivity contribution in [2.75, 3.05) is 9.80 Å². The molecule has 0 aliphatic rings. The van der Waals surface area contributed by atoms with Crippen molar-refractivity contribution in [3.05, 3.63) is 271 Å². The third kappa shape index (κ3) is 13.8. The largest absolute Gasteiger partial charge is 0.507 e. The Morgan fingerprint density at radius 2 is 0.560 bits per heavy atom. The molecule has 6 heteroatoms. The number of aliphatic hydroxyl groups is 2. The Morgan fingerprint density at radius 3 is 0.867 bits per heavy atom. The molecule has 9 aromatic carbocycles. The number of aromatic hydroxyl groups is 2. The molecule has 0 bridgehead atoms. The van der Waals surface area contributed by atoms with Gasteiger partial charge in [0.15, 0.2) is 0 Å². The summed E-state index contributed by atoms with van der Waals surface area (Å²) in [5.74, 6) is 0.806. The molecule has 0 unspecified atom stereocenters. The number of phenolic OH excluding ortho intramolecular Hbond substituents is 2. The molecule has 9 aromatic rings. The highest BCUT2D eigenvalue weighted by Crippen LogP contribution is 2.38. The number of phenols is 2. The van der Waals surface area contributed by atoms with Gasteiger partial charge in [-0.15, -0.1) is 0 Å². The van der Waals surface area contributed by atoms with E-state index >= 15 is 0 Å². The first-order valence-electron chi connectivity index (χ1n) is 25.9. The molecule has 0 radical (unpaired) electrons. The molecule has 0 amide bonds. The molecule has 0 saturated carbocycles. The zero-order valence-corrected chi connectivity index (χ0v) is 45.8. The van der Waals surface area contributed by atoms with E-state index in [1.165, 1.54) is 61.2 Å². The van der Waals surface area contributed by atoms with Crippen LogP contribution >= 0.6 is 0 Å². The molecule has 4 N–H and O–H groups in total. The number of rotatable bonds is 12. The lowest BCUT2D eigenvalue weighted by atomic mass is 9.96. The first kappa shape index (κ1) is 54.9. The molecule has 0 spiro atoms. The highest BCUT2D eigenvalue weighted by Gasteiger charge is 2.16. The van der Waals surface area contributed by atoms with Crippen LogP contribution in [-0.4, -0.2) is 20.4 Å². The van der Waals surface area contributed by atoms with Gasteiger partial charge in [-0.05, 0) is 256 Å². The van der Waals surface area contributed by atoms with E-state index in [2.05, 4.69) is 167 Å². The molecule has 75 heavy (non-hydrogen) atoms. The standard InChI is InChI=1S/C39H41NO.C22H23NO2.C8H10O/c1-25-8-13-38(22-26(25)2)40(36-14-9-32(10-15-36)23-34-18-27(3)31(7)28(4)19-34)37-16-11-33(12-17-37)24-35-20-29(5)39(41)30(6)21-35;1-16-3-8-22(13-17(16)2)23(20-9-4-18(14-24)5-10-20)21-11-6-19(15-25)7-12-21;1-6-4-3-5-7(2)8(6)9/h8-22,41H,23-24H2,1-7H3;3-13,24-25H,14-15H2,1-2H3;3-5,9H,1-2H3. The van der Waals surface area contributed by atoms with Gasteiger partial charge in [0.25, 0.3) is 0 Å². The first-order valence-corrected chi connectivity index (χ1v) is 25.9. The number of anilines is 6. The second-order valence-electron chi connectivity index (χ2n) is 20.2. The van der Waals surface area contributed by atoms with Gasteiger partial charge in [-0.2, -0.15) is 0 Å². The monoisotopic (exact) mass is 995 g/mol. The summed E-state index contributed by atoms with van der Waals surface area (Å²) in [5, 5.41) is 37.9. The number of hydrogen-bond donors (Lipinski definition) is 4. The van der Waals surface area contributed by atoms with Crippen LogP contribution in [-0.2, 0) is 26.1 Å². The normalized spacial score (nSPS) is 10.8. The minimum absolute atomic E-state index is 0.0368. The Labute approximate surface area is 446 Å². The van der Waals surface area contributed by atoms with Crippen molar-refractivity contribution < 1.29 is 20.4 Å². The summed E-state index contributed by atoms with van der Waals surface area (Å²) in [6, 6.07) is 61.3. The predicted octanol–water partition coefficient (Wildman–Crippen LogP) is 17.0. The molecular formula is C69H74N2O4. The number of aryl methyl sites for hydroxylation is 10. The summed E-state index contributed by atoms with van der Waals surface area (Å²) in [6.07, 6.45) is 1.76. The van der Waals surface area contributed by atoms with Crippen molar-refractivity contribution in [2.24, 2.45) is 0 Å². The van der Waals surface area contributed by atoms with Crippen LogP contribution in [0.25, 0.3) is 0 Å². The van der Waals surface area contributed by atoms with Gasteiger partial charge < -0.3 is 30.2 Å². The number of hydrogen-bond acceptors (Lipinski definition) is 6. The quantitative estimate of drug-likeness (QED) is 0.0976. The Bertz CT molecular complexity index is 3140. The summed E-state index contributed by atoms with van der Waals surface area (Å²) in [6.45, 7) is 22.9. The molecule has 0 saturated heterocycles. The summed E-state index contributed by atoms with van der Waals surface area (Å²) in [4.78, 5) is 4.52. The number of aliphatic hydroxyl groups excluding tert-OH is 2. The minimum atomic E-state index is 0.0368. The maximum atomic E-state index is 10.2. The van der Waals surface area contributed by atoms with Gasteiger partial charge in [-0.1, -0.05) is 103 Å². The molecule has 0 aliphatic heterocycles. The van der Waals surface area contributed by atoms with Crippen LogP contribution in [0.3, 0.4) is 0 Å². The topological polar surface area (TPSA) is 87.4 Å². The van der Waals surface area contributed by atoms with Gasteiger partial charge in [0.05, 0.1) is 13.2 Å². The van der Waals surface area contributed by atoms with Gasteiger partial charge in [-0.25, -0.2) is 0 Å². The predicted molar refractivity (Wildman–Crippen MR) is 314 cm³/mol. The van der Waals surface area contributed by atoms with Crippen molar-refractivity contribution in [1.29, 1.82) is 0 Å². The second kappa shape index (κ2) is 24.9. The van der Waals surface area contributed by atoms with Crippen LogP contribution in [0.5, 0.6) is 11.5 Å². The molecule has 0 aromatic heterocycles. The van der Waals surface area contributed by atoms with Gasteiger partial charge in [0.2, 0.25) is 0 Å². The number of nitrogens with zero attached hydrogens (tertiary/aromatic N) is 2. The molecule has 0 heterocycles. The van der Waals surface area contributed by atoms with E-state index in [1.54, 1.807) is 0 Å². The summed E-state index contributed by atoms with van der Waals surface area (Å²) >= 11 is 0. The Kier molecular flexibility index (Phi) is 18.2. The molecule has 0 atom stereocenters. The highest BCUT2D eigenvalue weighted by atomic mass is 16.3. The van der Waals surface area contributed by atoms with Crippen LogP contribution < -0.4 is 9.80 Å². The summed E-state index contributed by atoms with van der Waals surface area (Å²) in [5.41, 5.74) is 26.4. The van der Waals surface area contributed by atoms with Crippen LogP contribution in [0.15, 0.2) is 176 Å². The summed E-state index contributed by atoms with van der Waals surface area (Å²) in [7, 11) is 0. The SMILES string of the molecule is Cc1ccc(N(c2ccc(CO)cc2)c2ccc(CO)cc2)cc1C.Cc1ccc(N(c2ccc(Cc3cc(C)c(C)c(C)c3)cc2)c2ccc(Cc3cc(C)c(O)c(C)c3)cc2)cc1C.Cc1cccc(C)c1O. The van der Waals surface area contributed by atoms with Gasteiger partial charge in [0, 0.05) is 34.1 Å². The van der Waals surface area contributed by atoms with Crippen LogP contribution in [0.4, 0.5) is 34.1 Å². The molecule has 0 aliphatic carbocycles. The fourth-order valence-corrected chi connectivity index (χ4v) is 9.30. The Morgan fingerprint density at radius 1 is 0.267 bits per heavy atom. The van der Waals surface area contributed by atoms with E-state index in [-0.39, 0.29) is 13.2 Å². The van der Waals surface area contributed by atoms with E-state index in [0.717, 1.165) is 80.3 Å². The molecule has 0 fully saturated rings.